The number of para-hydroxylation sites is 5. The number of rotatable bonds is 39. The minimum Gasteiger partial charge on any atom is -0.487 e. The molecule has 16 rings (SSSR count). The summed E-state index contributed by atoms with van der Waals surface area (Å²) in [6.07, 6.45) is 0. The van der Waals surface area contributed by atoms with Gasteiger partial charge in [-0.15, -0.1) is 0 Å². The number of nitrogens with one attached hydrogen (secondary N) is 3. The molecule has 0 spiro atoms. The van der Waals surface area contributed by atoms with Crippen molar-refractivity contribution >= 4 is 61.6 Å². The molecule has 15 aromatic rings. The van der Waals surface area contributed by atoms with Crippen molar-refractivity contribution in [3.8, 4) is 28.7 Å². The van der Waals surface area contributed by atoms with Gasteiger partial charge in [-0.2, -0.15) is 25.5 Å². The van der Waals surface area contributed by atoms with E-state index in [1.54, 1.807) is 59.1 Å². The predicted molar refractivity (Wildman–Crippen MR) is 561 cm³/mol. The lowest BCUT2D eigenvalue weighted by Crippen LogP contribution is -2.41. The molecule has 0 aliphatic carbocycles. The molecule has 1 aliphatic heterocycles. The molecule has 0 saturated heterocycles. The van der Waals surface area contributed by atoms with Crippen LogP contribution in [0.15, 0.2) is 334 Å². The van der Waals surface area contributed by atoms with Gasteiger partial charge >= 0.3 is 23.9 Å². The number of hydrogen-bond acceptors (Lipinski definition) is 23. The third-order valence-electron chi connectivity index (χ3n) is 21.2. The van der Waals surface area contributed by atoms with Gasteiger partial charge in [0.1, 0.15) is 107 Å². The van der Waals surface area contributed by atoms with E-state index in [1.807, 2.05) is 292 Å². The Hall–Kier alpha value is -14.6. The Morgan fingerprint density at radius 2 is 0.699 bits per heavy atom. The number of hydrogen-bond donors (Lipinski definition) is 7. The standard InChI is InChI=1S/C23H27N3O3.C21H23N3O3.C21H21N3O2.C15H17BrN2O3.C13H14N2O3.2C8H11N.C2H5BrO/c1-3-28-23(27)22-16-20(17-29-21-12-8-5-9-13-21)25-26(22)15-14-24-18(2)19-10-6-4-7-11-19;1-16(17-8-4-2-5-9-17)22-12-13-24-20(21(25)26)14-18(23-24)15-27-19-10-6-3-7-11-19;1-16(17-8-4-2-5-9-17)23-12-13-24-20(21(23)25)14-18(22-24)15-26-19-10-6-3-7-11-19;1-2-20-15(19)14-10-12(17-18(14)9-8-16)11-21-13-6-4-3-5-7-13;1-2-17-13(16)12-8-10(14-15-12)9-18-11-6-4-3-5-7-11;2*1-7(9)8-5-3-2-4-6-8;3-1-2-4/h4-13,16,18,24H,3,14-15,17H2,1-2H3;2-11,14,16,22H,12-13,15H2,1H3,(H,25,26);2-11,14,16H,12-13,15H2,1H3;3-7,10H,2,8-9,11H2,1H3;3-8H,2,9H2,1H3,(H,14,15);2*2-7H,9H2,1H3;4H,1-2H2/t18-;2*16-;;;2*7-;/m111..11./s1. The number of alkyl halides is 2. The highest BCUT2D eigenvalue weighted by Crippen LogP contribution is 2.27. The van der Waals surface area contributed by atoms with Gasteiger partial charge in [-0.25, -0.2) is 19.2 Å². The first-order valence-electron chi connectivity index (χ1n) is 47.3. The number of aliphatic hydroxyl groups is 1. The molecule has 6 heterocycles. The maximum absolute atomic E-state index is 12.9. The van der Waals surface area contributed by atoms with E-state index >= 15 is 0 Å². The van der Waals surface area contributed by atoms with Crippen LogP contribution >= 0.6 is 31.9 Å². The Bertz CT molecular complexity index is 6050. The molecule has 0 saturated carbocycles. The van der Waals surface area contributed by atoms with Crippen molar-refractivity contribution in [3.05, 3.63) is 418 Å². The van der Waals surface area contributed by atoms with Gasteiger partial charge in [0.15, 0.2) is 5.69 Å². The third kappa shape index (κ3) is 39.4. The average Bonchev–Trinajstić information content (AvgIpc) is 1.66. The summed E-state index contributed by atoms with van der Waals surface area (Å²) < 4.78 is 50.0. The van der Waals surface area contributed by atoms with Gasteiger partial charge in [0.25, 0.3) is 5.91 Å². The fraction of sp³-hybridized carbons (Fsp3) is 0.279. The molecule has 10 aromatic carbocycles. The van der Waals surface area contributed by atoms with E-state index in [0.29, 0.717) is 130 Å². The first kappa shape index (κ1) is 112. The second kappa shape index (κ2) is 63.2. The molecule has 0 bridgehead atoms. The lowest BCUT2D eigenvalue weighted by Gasteiger charge is -2.33. The van der Waals surface area contributed by atoms with Crippen LogP contribution in [0.1, 0.15) is 194 Å². The van der Waals surface area contributed by atoms with Gasteiger partial charge in [-0.05, 0) is 174 Å². The van der Waals surface area contributed by atoms with E-state index in [0.717, 1.165) is 45.7 Å². The number of ether oxygens (including phenoxy) is 8. The highest BCUT2D eigenvalue weighted by molar-refractivity contribution is 9.09. The maximum atomic E-state index is 12.9. The molecule has 1 aliphatic rings. The van der Waals surface area contributed by atoms with Gasteiger partial charge in [-0.3, -0.25) is 28.6 Å². The molecule has 1 amide bonds. The van der Waals surface area contributed by atoms with Crippen LogP contribution in [0.4, 0.5) is 0 Å². The van der Waals surface area contributed by atoms with Crippen LogP contribution < -0.4 is 45.8 Å². The third-order valence-corrected chi connectivity index (χ3v) is 22.0. The summed E-state index contributed by atoms with van der Waals surface area (Å²) >= 11 is 6.35. The van der Waals surface area contributed by atoms with Crippen molar-refractivity contribution in [2.45, 2.75) is 145 Å². The fourth-order valence-electron chi connectivity index (χ4n) is 13.9. The summed E-state index contributed by atoms with van der Waals surface area (Å²) in [7, 11) is 0. The number of amides is 1. The molecule has 143 heavy (non-hydrogen) atoms. The Balaban J connectivity index is 0.000000190. The summed E-state index contributed by atoms with van der Waals surface area (Å²) in [4.78, 5) is 62.0. The summed E-state index contributed by atoms with van der Waals surface area (Å²) in [5, 5.41) is 50.0. The van der Waals surface area contributed by atoms with Crippen LogP contribution in [0.3, 0.4) is 0 Å². The second-order valence-corrected chi connectivity index (χ2v) is 33.6. The number of carbonyl (C=O) groups excluding carboxylic acids is 4. The monoisotopic (exact) mass is 2070 g/mol. The number of H-pyrrole nitrogens is 1. The van der Waals surface area contributed by atoms with Gasteiger partial charge in [0.2, 0.25) is 0 Å². The lowest BCUT2D eigenvalue weighted by molar-refractivity contribution is 0.0502. The zero-order valence-corrected chi connectivity index (χ0v) is 85.1. The molecule has 9 N–H and O–H groups in total. The normalized spacial score (nSPS) is 12.0. The number of halogens is 2. The molecule has 30 nitrogen and oxygen atoms in total. The van der Waals surface area contributed by atoms with Crippen molar-refractivity contribution < 1.29 is 72.1 Å². The summed E-state index contributed by atoms with van der Waals surface area (Å²) in [5.41, 5.74) is 22.6. The Labute approximate surface area is 853 Å². The van der Waals surface area contributed by atoms with Crippen LogP contribution in [0.2, 0.25) is 0 Å². The van der Waals surface area contributed by atoms with Crippen LogP contribution in [-0.2, 0) is 73.4 Å². The number of esters is 3. The Morgan fingerprint density at radius 3 is 1.03 bits per heavy atom. The minimum atomic E-state index is -0.996. The van der Waals surface area contributed by atoms with Crippen LogP contribution in [0.25, 0.3) is 0 Å². The summed E-state index contributed by atoms with van der Waals surface area (Å²) in [6, 6.07) is 107. The number of aryl methyl sites for hydroxylation is 1. The number of aromatic amines is 1. The molecule has 0 unspecified atom stereocenters. The number of fused-ring (bicyclic) bond motifs is 1. The van der Waals surface area contributed by atoms with Crippen molar-refractivity contribution in [2.24, 2.45) is 11.5 Å². The summed E-state index contributed by atoms with van der Waals surface area (Å²) in [6.45, 7) is 22.5. The number of nitrogens with zero attached hydrogens (tertiary/aromatic N) is 10. The zero-order chi connectivity index (χ0) is 102. The highest BCUT2D eigenvalue weighted by atomic mass is 79.9. The topological polar surface area (TPSA) is 379 Å². The molecule has 0 radical (unpaired) electrons. The second-order valence-electron chi connectivity index (χ2n) is 32.0. The minimum absolute atomic E-state index is 0.0195. The number of carbonyl (C=O) groups is 5. The number of aromatic carboxylic acids is 1. The largest absolute Gasteiger partial charge is 0.487 e. The van der Waals surface area contributed by atoms with Gasteiger partial charge in [0.05, 0.1) is 64.3 Å². The molecule has 5 atom stereocenters. The number of aromatic nitrogens is 10. The molecule has 0 fully saturated rings. The van der Waals surface area contributed by atoms with Crippen molar-refractivity contribution in [3.63, 3.8) is 0 Å². The van der Waals surface area contributed by atoms with Gasteiger partial charge in [-0.1, -0.05) is 275 Å². The van der Waals surface area contributed by atoms with Crippen LogP contribution in [0, 0.1) is 0 Å². The van der Waals surface area contributed by atoms with Gasteiger partial charge in [0, 0.05) is 54.5 Å². The molecular weight excluding hydrogens is 1940 g/mol. The average molecular weight is 2070 g/mol. The van der Waals surface area contributed by atoms with Crippen molar-refractivity contribution in [1.29, 1.82) is 0 Å². The SMILES string of the molecule is CCOC(=O)c1cc(COc2ccccc2)[nH]n1.CCOC(=O)c1cc(COc2ccccc2)nn1CCBr.CCOC(=O)c1cc(COc2ccccc2)nn1CCN[C@H](C)c1ccccc1.C[C@@H](N)c1ccccc1.C[C@@H](N)c1ccccc1.C[C@@H](NCCn1nc(COc2ccccc2)cc1C(=O)O)c1ccccc1.C[C@H](c1ccccc1)N1CCn2nc(COc3ccccc3)cc2C1=O.OCCBr. The molecule has 752 valence electrons. The van der Waals surface area contributed by atoms with Crippen molar-refractivity contribution in [2.75, 3.05) is 56.7 Å². The van der Waals surface area contributed by atoms with E-state index in [2.05, 4.69) is 130 Å². The summed E-state index contributed by atoms with van der Waals surface area (Å²) in [5.74, 6) is 1.67. The molecular formula is C111H129Br2N15O15. The maximum Gasteiger partial charge on any atom is 0.358 e. The zero-order valence-electron chi connectivity index (χ0n) is 82.0. The smallest absolute Gasteiger partial charge is 0.358 e. The van der Waals surface area contributed by atoms with E-state index < -0.39 is 11.9 Å². The predicted octanol–water partition coefficient (Wildman–Crippen LogP) is 20.2. The van der Waals surface area contributed by atoms with Gasteiger partial charge < -0.3 is 75.1 Å². The van der Waals surface area contributed by atoms with Crippen LogP contribution in [-0.4, -0.2) is 151 Å². The van der Waals surface area contributed by atoms with Crippen molar-refractivity contribution in [1.82, 2.24) is 64.9 Å². The molecule has 32 heteroatoms. The first-order valence-corrected chi connectivity index (χ1v) is 49.5. The lowest BCUT2D eigenvalue weighted by atomic mass is 10.1. The Morgan fingerprint density at radius 1 is 0.392 bits per heavy atom. The van der Waals surface area contributed by atoms with E-state index in [9.17, 15) is 29.1 Å². The quantitative estimate of drug-likeness (QED) is 0.0107. The number of aliphatic hydroxyl groups excluding tert-OH is 1. The number of carboxylic acids is 1. The fourth-order valence-corrected chi connectivity index (χ4v) is 14.2. The highest BCUT2D eigenvalue weighted by Gasteiger charge is 2.31. The first-order chi connectivity index (χ1) is 69.6. The van der Waals surface area contributed by atoms with E-state index in [4.69, 9.17) is 54.5 Å². The molecule has 5 aromatic heterocycles. The number of benzene rings is 10. The van der Waals surface area contributed by atoms with E-state index in [1.165, 1.54) is 26.9 Å². The Kier molecular flexibility index (Phi) is 49.5. The van der Waals surface area contributed by atoms with E-state index in [-0.39, 0.29) is 79.3 Å². The number of carboxylic acid groups (broad SMARTS) is 1. The van der Waals surface area contributed by atoms with Crippen LogP contribution in [0.5, 0.6) is 28.7 Å². The number of nitrogens with two attached hydrogens (primary N) is 2.